The van der Waals surface area contributed by atoms with Gasteiger partial charge in [-0.25, -0.2) is 9.88 Å². The molecule has 184 valence electrons. The molecule has 1 aliphatic heterocycles. The number of anilines is 3. The van der Waals surface area contributed by atoms with E-state index < -0.39 is 11.8 Å². The van der Waals surface area contributed by atoms with Crippen molar-refractivity contribution in [2.24, 2.45) is 0 Å². The van der Waals surface area contributed by atoms with E-state index in [2.05, 4.69) is 15.6 Å². The van der Waals surface area contributed by atoms with Crippen molar-refractivity contribution < 1.29 is 14.4 Å². The Morgan fingerprint density at radius 3 is 2.41 bits per heavy atom. The zero-order valence-electron chi connectivity index (χ0n) is 18.7. The van der Waals surface area contributed by atoms with Crippen molar-refractivity contribution in [3.05, 3.63) is 105 Å². The van der Waals surface area contributed by atoms with Crippen molar-refractivity contribution in [2.75, 3.05) is 15.5 Å². The fourth-order valence-corrected chi connectivity index (χ4v) is 4.81. The number of halogens is 3. The summed E-state index contributed by atoms with van der Waals surface area (Å²) in [6.07, 6.45) is 0. The fourth-order valence-electron chi connectivity index (χ4n) is 3.59. The number of benzene rings is 3. The molecular weight excluding hydrogens is 555 g/mol. The first-order valence-corrected chi connectivity index (χ1v) is 12.8. The number of carbonyl (C=O) groups is 3. The molecule has 5 rings (SSSR count). The van der Waals surface area contributed by atoms with Crippen LogP contribution in [0.5, 0.6) is 0 Å². The Kier molecular flexibility index (Phi) is 6.99. The van der Waals surface area contributed by atoms with E-state index in [9.17, 15) is 14.4 Å². The lowest BCUT2D eigenvalue weighted by Crippen LogP contribution is -2.32. The standard InChI is InChI=1S/C26H15Cl3N4O3S/c27-18-10-9-17(12-19(18)28)33-24(35)21(29)22(25(33)36)30-16-8-4-7-15(11-16)23(34)32-26-31-20(13-37-26)14-5-2-1-3-6-14/h1-13,30H,(H,31,32,34). The molecule has 3 aromatic carbocycles. The van der Waals surface area contributed by atoms with E-state index in [1.807, 2.05) is 35.7 Å². The van der Waals surface area contributed by atoms with Crippen molar-refractivity contribution in [1.82, 2.24) is 4.98 Å². The Balaban J connectivity index is 1.32. The van der Waals surface area contributed by atoms with Gasteiger partial charge in [-0.3, -0.25) is 19.7 Å². The van der Waals surface area contributed by atoms with Crippen LogP contribution in [-0.4, -0.2) is 22.7 Å². The molecule has 0 atom stereocenters. The summed E-state index contributed by atoms with van der Waals surface area (Å²) in [5, 5.41) is 8.13. The molecule has 0 unspecified atom stereocenters. The fraction of sp³-hybridized carbons (Fsp3) is 0. The number of imide groups is 1. The van der Waals surface area contributed by atoms with Crippen molar-refractivity contribution in [2.45, 2.75) is 0 Å². The zero-order valence-corrected chi connectivity index (χ0v) is 21.8. The molecule has 1 aromatic heterocycles. The predicted octanol–water partition coefficient (Wildman–Crippen LogP) is 6.80. The van der Waals surface area contributed by atoms with E-state index in [0.717, 1.165) is 16.2 Å². The number of nitrogens with zero attached hydrogens (tertiary/aromatic N) is 2. The van der Waals surface area contributed by atoms with Crippen molar-refractivity contribution in [3.63, 3.8) is 0 Å². The molecular formula is C26H15Cl3N4O3S. The monoisotopic (exact) mass is 568 g/mol. The van der Waals surface area contributed by atoms with Crippen molar-refractivity contribution in [1.29, 1.82) is 0 Å². The van der Waals surface area contributed by atoms with E-state index in [0.29, 0.717) is 16.4 Å². The van der Waals surface area contributed by atoms with Crippen LogP contribution in [0.4, 0.5) is 16.5 Å². The van der Waals surface area contributed by atoms with Gasteiger partial charge >= 0.3 is 0 Å². The molecule has 1 aliphatic rings. The lowest BCUT2D eigenvalue weighted by atomic mass is 10.2. The largest absolute Gasteiger partial charge is 0.350 e. The van der Waals surface area contributed by atoms with Gasteiger partial charge in [0.15, 0.2) is 5.13 Å². The van der Waals surface area contributed by atoms with Gasteiger partial charge < -0.3 is 5.32 Å². The summed E-state index contributed by atoms with van der Waals surface area (Å²) in [5.74, 6) is -1.76. The highest BCUT2D eigenvalue weighted by Crippen LogP contribution is 2.34. The second-order valence-electron chi connectivity index (χ2n) is 7.80. The molecule has 0 saturated heterocycles. The number of aromatic nitrogens is 1. The molecule has 0 radical (unpaired) electrons. The SMILES string of the molecule is O=C(Nc1nc(-c2ccccc2)cs1)c1cccc(NC2=C(Cl)C(=O)N(c3ccc(Cl)c(Cl)c3)C2=O)c1. The number of rotatable bonds is 6. The van der Waals surface area contributed by atoms with Gasteiger partial charge in [-0.05, 0) is 36.4 Å². The Labute approximate surface area is 230 Å². The molecule has 4 aromatic rings. The molecule has 0 spiro atoms. The predicted molar refractivity (Wildman–Crippen MR) is 147 cm³/mol. The molecule has 37 heavy (non-hydrogen) atoms. The minimum Gasteiger partial charge on any atom is -0.350 e. The van der Waals surface area contributed by atoms with Crippen molar-refractivity contribution in [3.8, 4) is 11.3 Å². The van der Waals surface area contributed by atoms with Gasteiger partial charge in [0.1, 0.15) is 10.7 Å². The van der Waals surface area contributed by atoms with E-state index in [1.54, 1.807) is 18.2 Å². The number of thiazole rings is 1. The van der Waals surface area contributed by atoms with E-state index in [1.165, 1.54) is 35.6 Å². The van der Waals surface area contributed by atoms with Crippen LogP contribution in [0.3, 0.4) is 0 Å². The Morgan fingerprint density at radius 1 is 0.865 bits per heavy atom. The van der Waals surface area contributed by atoms with Crippen LogP contribution in [0.25, 0.3) is 11.3 Å². The zero-order chi connectivity index (χ0) is 26.1. The molecule has 2 heterocycles. The first kappa shape index (κ1) is 25.0. The molecule has 0 bridgehead atoms. The number of amides is 3. The average Bonchev–Trinajstić information content (AvgIpc) is 3.45. The van der Waals surface area contributed by atoms with Gasteiger partial charge in [-0.15, -0.1) is 11.3 Å². The van der Waals surface area contributed by atoms with Gasteiger partial charge in [0.05, 0.1) is 21.4 Å². The van der Waals surface area contributed by atoms with Gasteiger partial charge in [-0.1, -0.05) is 71.2 Å². The maximum atomic E-state index is 13.0. The number of carbonyl (C=O) groups excluding carboxylic acids is 3. The van der Waals surface area contributed by atoms with E-state index in [-0.39, 0.29) is 32.4 Å². The Morgan fingerprint density at radius 2 is 1.65 bits per heavy atom. The maximum absolute atomic E-state index is 13.0. The number of hydrogen-bond acceptors (Lipinski definition) is 6. The molecule has 0 saturated carbocycles. The topological polar surface area (TPSA) is 91.4 Å². The summed E-state index contributed by atoms with van der Waals surface area (Å²) in [5.41, 5.74) is 2.52. The molecule has 0 fully saturated rings. The molecule has 3 amide bonds. The summed E-state index contributed by atoms with van der Waals surface area (Å²) < 4.78 is 0. The van der Waals surface area contributed by atoms with Gasteiger partial charge in [0, 0.05) is 22.2 Å². The van der Waals surface area contributed by atoms with Gasteiger partial charge in [0.25, 0.3) is 17.7 Å². The quantitative estimate of drug-likeness (QED) is 0.249. The number of hydrogen-bond donors (Lipinski definition) is 2. The van der Waals surface area contributed by atoms with Crippen LogP contribution in [0.1, 0.15) is 10.4 Å². The summed E-state index contributed by atoms with van der Waals surface area (Å²) in [4.78, 5) is 44.0. The highest BCUT2D eigenvalue weighted by Gasteiger charge is 2.39. The van der Waals surface area contributed by atoms with Crippen molar-refractivity contribution >= 4 is 80.4 Å². The minimum absolute atomic E-state index is 0.122. The third kappa shape index (κ3) is 5.10. The highest BCUT2D eigenvalue weighted by molar-refractivity contribution is 7.14. The van der Waals surface area contributed by atoms with Crippen LogP contribution in [0, 0.1) is 0 Å². The Bertz CT molecular complexity index is 1590. The lowest BCUT2D eigenvalue weighted by Gasteiger charge is -2.16. The first-order valence-electron chi connectivity index (χ1n) is 10.7. The second-order valence-corrected chi connectivity index (χ2v) is 9.85. The van der Waals surface area contributed by atoms with Crippen LogP contribution in [0.15, 0.2) is 88.9 Å². The first-order chi connectivity index (χ1) is 17.8. The third-order valence-corrected chi connectivity index (χ3v) is 7.22. The summed E-state index contributed by atoms with van der Waals surface area (Å²) in [6, 6.07) is 20.4. The van der Waals surface area contributed by atoms with Crippen LogP contribution >= 0.6 is 46.1 Å². The van der Waals surface area contributed by atoms with Crippen LogP contribution in [0.2, 0.25) is 10.0 Å². The molecule has 7 nitrogen and oxygen atoms in total. The normalized spacial score (nSPS) is 13.3. The maximum Gasteiger partial charge on any atom is 0.283 e. The van der Waals surface area contributed by atoms with Crippen LogP contribution < -0.4 is 15.5 Å². The second kappa shape index (κ2) is 10.4. The third-order valence-electron chi connectivity index (χ3n) is 5.38. The summed E-state index contributed by atoms with van der Waals surface area (Å²) >= 11 is 19.5. The van der Waals surface area contributed by atoms with Gasteiger partial charge in [-0.2, -0.15) is 0 Å². The van der Waals surface area contributed by atoms with Crippen LogP contribution in [-0.2, 0) is 9.59 Å². The number of nitrogens with one attached hydrogen (secondary N) is 2. The summed E-state index contributed by atoms with van der Waals surface area (Å²) in [6.45, 7) is 0. The molecule has 2 N–H and O–H groups in total. The average molecular weight is 570 g/mol. The summed E-state index contributed by atoms with van der Waals surface area (Å²) in [7, 11) is 0. The van der Waals surface area contributed by atoms with Gasteiger partial charge in [0.2, 0.25) is 0 Å². The molecule has 0 aliphatic carbocycles. The smallest absolute Gasteiger partial charge is 0.283 e. The van der Waals surface area contributed by atoms with E-state index >= 15 is 0 Å². The highest BCUT2D eigenvalue weighted by atomic mass is 35.5. The molecule has 11 heteroatoms. The lowest BCUT2D eigenvalue weighted by molar-refractivity contribution is -0.120. The van der Waals surface area contributed by atoms with E-state index in [4.69, 9.17) is 34.8 Å². The minimum atomic E-state index is -0.709. The Hall–Kier alpha value is -3.69.